The van der Waals surface area contributed by atoms with Gasteiger partial charge in [-0.05, 0) is 17.5 Å². The predicted molar refractivity (Wildman–Crippen MR) is 70.2 cm³/mol. The predicted octanol–water partition coefficient (Wildman–Crippen LogP) is 2.13. The molecule has 0 atom stereocenters. The molecular formula is C12H18ClN3. The highest BCUT2D eigenvalue weighted by atomic mass is 35.5. The van der Waals surface area contributed by atoms with Crippen molar-refractivity contribution in [1.82, 2.24) is 0 Å². The molecule has 0 radical (unpaired) electrons. The minimum atomic E-state index is -0.416. The van der Waals surface area contributed by atoms with Gasteiger partial charge in [0.15, 0.2) is 0 Å². The van der Waals surface area contributed by atoms with Crippen molar-refractivity contribution in [3.8, 4) is 0 Å². The van der Waals surface area contributed by atoms with Crippen LogP contribution in [-0.4, -0.2) is 18.9 Å². The maximum absolute atomic E-state index is 6.14. The summed E-state index contributed by atoms with van der Waals surface area (Å²) in [6.07, 6.45) is 1.34. The van der Waals surface area contributed by atoms with E-state index in [9.17, 15) is 0 Å². The minimum Gasteiger partial charge on any atom is -0.315 e. The van der Waals surface area contributed by atoms with Crippen molar-refractivity contribution < 1.29 is 0 Å². The quantitative estimate of drug-likeness (QED) is 0.625. The van der Waals surface area contributed by atoms with Crippen LogP contribution in [0.3, 0.4) is 0 Å². The lowest BCUT2D eigenvalue weighted by atomic mass is 9.98. The van der Waals surface area contributed by atoms with E-state index in [2.05, 4.69) is 24.9 Å². The highest BCUT2D eigenvalue weighted by Gasteiger charge is 2.07. The Morgan fingerprint density at radius 2 is 2.06 bits per heavy atom. The summed E-state index contributed by atoms with van der Waals surface area (Å²) in [6.45, 7) is 4.65. The zero-order valence-electron chi connectivity index (χ0n) is 9.65. The Balaban J connectivity index is 2.97. The van der Waals surface area contributed by atoms with E-state index >= 15 is 0 Å². The largest absolute Gasteiger partial charge is 0.315 e. The molecule has 4 heteroatoms. The Labute approximate surface area is 101 Å². The molecule has 16 heavy (non-hydrogen) atoms. The highest BCUT2D eigenvalue weighted by molar-refractivity contribution is 6.33. The average molecular weight is 240 g/mol. The van der Waals surface area contributed by atoms with Crippen LogP contribution in [0.2, 0.25) is 5.02 Å². The van der Waals surface area contributed by atoms with E-state index in [1.807, 2.05) is 12.1 Å². The lowest BCUT2D eigenvalue weighted by Gasteiger charge is -2.10. The Bertz CT molecular complexity index is 373. The van der Waals surface area contributed by atoms with Gasteiger partial charge in [0.25, 0.3) is 0 Å². The molecule has 0 amide bonds. The molecule has 0 saturated carbocycles. The molecule has 0 bridgehead atoms. The van der Waals surface area contributed by atoms with E-state index < -0.39 is 6.17 Å². The molecule has 0 aliphatic carbocycles. The standard InChI is InChI=1S/C12H18ClN3/c1-8(2)9-4-3-5-11(13)10(9)6-16-7-12(14)15/h3-6,8,12H,7,14-15H2,1-2H3. The van der Waals surface area contributed by atoms with Crippen molar-refractivity contribution in [2.45, 2.75) is 25.9 Å². The summed E-state index contributed by atoms with van der Waals surface area (Å²) < 4.78 is 0. The normalized spacial score (nSPS) is 11.9. The lowest BCUT2D eigenvalue weighted by molar-refractivity contribution is 0.721. The Hall–Kier alpha value is -0.900. The van der Waals surface area contributed by atoms with Gasteiger partial charge in [-0.25, -0.2) is 0 Å². The van der Waals surface area contributed by atoms with Crippen LogP contribution in [0.15, 0.2) is 23.2 Å². The molecule has 88 valence electrons. The summed E-state index contributed by atoms with van der Waals surface area (Å²) >= 11 is 6.14. The first-order valence-corrected chi connectivity index (χ1v) is 5.69. The highest BCUT2D eigenvalue weighted by Crippen LogP contribution is 2.24. The van der Waals surface area contributed by atoms with Gasteiger partial charge < -0.3 is 11.5 Å². The van der Waals surface area contributed by atoms with Crippen LogP contribution < -0.4 is 11.5 Å². The van der Waals surface area contributed by atoms with Crippen LogP contribution in [0, 0.1) is 0 Å². The molecule has 3 nitrogen and oxygen atoms in total. The van der Waals surface area contributed by atoms with Crippen LogP contribution in [0.4, 0.5) is 0 Å². The van der Waals surface area contributed by atoms with E-state index in [1.165, 1.54) is 5.56 Å². The summed E-state index contributed by atoms with van der Waals surface area (Å²) in [5.41, 5.74) is 13.0. The third kappa shape index (κ3) is 3.59. The molecule has 1 rings (SSSR count). The summed E-state index contributed by atoms with van der Waals surface area (Å²) in [6, 6.07) is 5.86. The van der Waals surface area contributed by atoms with Crippen LogP contribution >= 0.6 is 11.6 Å². The third-order valence-electron chi connectivity index (χ3n) is 2.25. The monoisotopic (exact) mass is 239 g/mol. The molecule has 1 aromatic rings. The van der Waals surface area contributed by atoms with Gasteiger partial charge >= 0.3 is 0 Å². The lowest BCUT2D eigenvalue weighted by Crippen LogP contribution is -2.33. The van der Waals surface area contributed by atoms with E-state index in [0.717, 1.165) is 5.56 Å². The van der Waals surface area contributed by atoms with Crippen LogP contribution in [0.25, 0.3) is 0 Å². The van der Waals surface area contributed by atoms with Gasteiger partial charge in [0.1, 0.15) is 0 Å². The first kappa shape index (κ1) is 13.2. The molecule has 4 N–H and O–H groups in total. The van der Waals surface area contributed by atoms with Crippen LogP contribution in [0.5, 0.6) is 0 Å². The number of aliphatic imine (C=N–C) groups is 1. The maximum Gasteiger partial charge on any atom is 0.0722 e. The zero-order valence-corrected chi connectivity index (χ0v) is 10.4. The molecule has 0 unspecified atom stereocenters. The summed E-state index contributed by atoms with van der Waals surface area (Å²) in [5.74, 6) is 0.409. The topological polar surface area (TPSA) is 64.4 Å². The number of halogens is 1. The number of hydrogen-bond donors (Lipinski definition) is 2. The first-order valence-electron chi connectivity index (χ1n) is 5.31. The second-order valence-electron chi connectivity index (χ2n) is 4.06. The molecular weight excluding hydrogens is 222 g/mol. The van der Waals surface area contributed by atoms with Gasteiger partial charge in [0.2, 0.25) is 0 Å². The van der Waals surface area contributed by atoms with Crippen molar-refractivity contribution in [2.24, 2.45) is 16.5 Å². The van der Waals surface area contributed by atoms with E-state index in [1.54, 1.807) is 6.21 Å². The summed E-state index contributed by atoms with van der Waals surface area (Å²) in [4.78, 5) is 4.19. The Morgan fingerprint density at radius 1 is 1.38 bits per heavy atom. The first-order chi connectivity index (χ1) is 7.52. The fourth-order valence-electron chi connectivity index (χ4n) is 1.46. The number of nitrogens with zero attached hydrogens (tertiary/aromatic N) is 1. The van der Waals surface area contributed by atoms with Crippen molar-refractivity contribution in [2.75, 3.05) is 6.54 Å². The number of rotatable bonds is 4. The Kier molecular flexibility index (Phi) is 4.93. The Morgan fingerprint density at radius 3 is 2.62 bits per heavy atom. The second kappa shape index (κ2) is 5.99. The molecule has 1 aromatic carbocycles. The van der Waals surface area contributed by atoms with Gasteiger partial charge in [-0.2, -0.15) is 0 Å². The number of benzene rings is 1. The van der Waals surface area contributed by atoms with E-state index in [4.69, 9.17) is 23.1 Å². The third-order valence-corrected chi connectivity index (χ3v) is 2.57. The average Bonchev–Trinajstić information content (AvgIpc) is 2.19. The fourth-order valence-corrected chi connectivity index (χ4v) is 1.69. The van der Waals surface area contributed by atoms with Crippen LogP contribution in [0.1, 0.15) is 30.9 Å². The van der Waals surface area contributed by atoms with Crippen molar-refractivity contribution >= 4 is 17.8 Å². The molecule has 0 fully saturated rings. The molecule has 0 spiro atoms. The van der Waals surface area contributed by atoms with Gasteiger partial charge in [-0.1, -0.05) is 37.6 Å². The molecule has 0 saturated heterocycles. The number of hydrogen-bond acceptors (Lipinski definition) is 3. The number of nitrogens with two attached hydrogens (primary N) is 2. The fraction of sp³-hybridized carbons (Fsp3) is 0.417. The minimum absolute atomic E-state index is 0.406. The van der Waals surface area contributed by atoms with Crippen LogP contribution in [-0.2, 0) is 0 Å². The second-order valence-corrected chi connectivity index (χ2v) is 4.46. The molecule has 0 aliphatic rings. The van der Waals surface area contributed by atoms with Gasteiger partial charge in [-0.3, -0.25) is 4.99 Å². The zero-order chi connectivity index (χ0) is 12.1. The van der Waals surface area contributed by atoms with E-state index in [0.29, 0.717) is 17.5 Å². The molecule has 0 aliphatic heterocycles. The maximum atomic E-state index is 6.14. The smallest absolute Gasteiger partial charge is 0.0722 e. The van der Waals surface area contributed by atoms with Gasteiger partial charge in [-0.15, -0.1) is 0 Å². The summed E-state index contributed by atoms with van der Waals surface area (Å²) in [5, 5.41) is 0.709. The summed E-state index contributed by atoms with van der Waals surface area (Å²) in [7, 11) is 0. The molecule has 0 aromatic heterocycles. The van der Waals surface area contributed by atoms with Gasteiger partial charge in [0.05, 0.1) is 12.7 Å². The van der Waals surface area contributed by atoms with Crippen molar-refractivity contribution in [3.05, 3.63) is 34.3 Å². The van der Waals surface area contributed by atoms with Crippen molar-refractivity contribution in [1.29, 1.82) is 0 Å². The van der Waals surface area contributed by atoms with Gasteiger partial charge in [0, 0.05) is 16.8 Å². The van der Waals surface area contributed by atoms with E-state index in [-0.39, 0.29) is 0 Å². The molecule has 0 heterocycles. The van der Waals surface area contributed by atoms with Crippen molar-refractivity contribution in [3.63, 3.8) is 0 Å². The SMILES string of the molecule is CC(C)c1cccc(Cl)c1C=NCC(N)N.